The highest BCUT2D eigenvalue weighted by Crippen LogP contribution is 2.27. The summed E-state index contributed by atoms with van der Waals surface area (Å²) in [7, 11) is 0. The Bertz CT molecular complexity index is 1030. The molecule has 0 aromatic heterocycles. The summed E-state index contributed by atoms with van der Waals surface area (Å²) in [5.41, 5.74) is 4.37. The zero-order chi connectivity index (χ0) is 20.8. The number of rotatable bonds is 7. The number of nitrogens with zero attached hydrogens (tertiary/aromatic N) is 1. The van der Waals surface area contributed by atoms with Crippen LogP contribution >= 0.6 is 0 Å². The number of hydrogen-bond donors (Lipinski definition) is 2. The van der Waals surface area contributed by atoms with E-state index in [1.807, 2.05) is 62.4 Å². The molecule has 0 aliphatic rings. The first-order valence-corrected chi connectivity index (χ1v) is 9.45. The topological polar surface area (TPSA) is 84.3 Å². The van der Waals surface area contributed by atoms with Crippen LogP contribution in [0.3, 0.4) is 0 Å². The third kappa shape index (κ3) is 4.99. The van der Waals surface area contributed by atoms with Crippen LogP contribution in [0.25, 0.3) is 0 Å². The van der Waals surface area contributed by atoms with E-state index >= 15 is 0 Å². The molecule has 0 unspecified atom stereocenters. The third-order valence-electron chi connectivity index (χ3n) is 4.71. The molecule has 148 valence electrons. The summed E-state index contributed by atoms with van der Waals surface area (Å²) in [5.74, 6) is -0.376. The molecule has 0 saturated heterocycles. The maximum Gasteiger partial charge on any atom is 0.293 e. The fraction of sp³-hybridized carbons (Fsp3) is 0.174. The lowest BCUT2D eigenvalue weighted by molar-refractivity contribution is -0.384. The van der Waals surface area contributed by atoms with Crippen molar-refractivity contribution >= 4 is 23.0 Å². The third-order valence-corrected chi connectivity index (χ3v) is 4.71. The smallest absolute Gasteiger partial charge is 0.293 e. The van der Waals surface area contributed by atoms with E-state index in [2.05, 4.69) is 10.6 Å². The average molecular weight is 389 g/mol. The van der Waals surface area contributed by atoms with Gasteiger partial charge in [-0.3, -0.25) is 14.9 Å². The molecule has 0 bridgehead atoms. The van der Waals surface area contributed by atoms with E-state index in [0.29, 0.717) is 17.9 Å². The minimum atomic E-state index is -0.478. The van der Waals surface area contributed by atoms with E-state index in [1.54, 1.807) is 12.1 Å². The highest BCUT2D eigenvalue weighted by atomic mass is 16.6. The zero-order valence-corrected chi connectivity index (χ0v) is 16.4. The van der Waals surface area contributed by atoms with E-state index in [4.69, 9.17) is 0 Å². The minimum Gasteiger partial charge on any atom is -0.375 e. The predicted octanol–water partition coefficient (Wildman–Crippen LogP) is 5.33. The molecule has 2 N–H and O–H groups in total. The van der Waals surface area contributed by atoms with Gasteiger partial charge in [-0.1, -0.05) is 55.0 Å². The minimum absolute atomic E-state index is 0.131. The van der Waals surface area contributed by atoms with Crippen molar-refractivity contribution in [3.63, 3.8) is 0 Å². The number of carbonyl (C=O) groups is 1. The molecule has 0 aliphatic heterocycles. The van der Waals surface area contributed by atoms with Gasteiger partial charge >= 0.3 is 0 Å². The molecule has 0 radical (unpaired) electrons. The van der Waals surface area contributed by atoms with E-state index < -0.39 is 4.92 Å². The number of amides is 1. The molecule has 0 saturated carbocycles. The highest BCUT2D eigenvalue weighted by molar-refractivity contribution is 6.05. The van der Waals surface area contributed by atoms with Crippen molar-refractivity contribution in [3.8, 4) is 0 Å². The maximum absolute atomic E-state index is 12.6. The number of carbonyl (C=O) groups excluding carboxylic acids is 1. The van der Waals surface area contributed by atoms with Crippen LogP contribution in [0.1, 0.15) is 34.0 Å². The van der Waals surface area contributed by atoms with Gasteiger partial charge in [-0.2, -0.15) is 0 Å². The first-order chi connectivity index (χ1) is 14.0. The van der Waals surface area contributed by atoms with Gasteiger partial charge in [0.2, 0.25) is 0 Å². The summed E-state index contributed by atoms with van der Waals surface area (Å²) in [5, 5.41) is 17.5. The van der Waals surface area contributed by atoms with Crippen molar-refractivity contribution in [2.45, 2.75) is 26.8 Å². The molecule has 6 nitrogen and oxygen atoms in total. The summed E-state index contributed by atoms with van der Waals surface area (Å²) in [6.07, 6.45) is 0.776. The van der Waals surface area contributed by atoms with Crippen molar-refractivity contribution in [1.29, 1.82) is 0 Å². The lowest BCUT2D eigenvalue weighted by Gasteiger charge is -2.11. The number of hydrogen-bond acceptors (Lipinski definition) is 4. The molecular formula is C23H23N3O3. The summed E-state index contributed by atoms with van der Waals surface area (Å²) in [4.78, 5) is 23.7. The molecule has 0 aliphatic carbocycles. The van der Waals surface area contributed by atoms with Crippen molar-refractivity contribution < 1.29 is 9.72 Å². The van der Waals surface area contributed by atoms with E-state index in [-0.39, 0.29) is 17.2 Å². The molecule has 3 aromatic carbocycles. The second-order valence-corrected chi connectivity index (χ2v) is 6.79. The molecule has 0 heterocycles. The molecule has 3 rings (SSSR count). The second-order valence-electron chi connectivity index (χ2n) is 6.79. The van der Waals surface area contributed by atoms with Gasteiger partial charge in [-0.05, 0) is 42.7 Å². The number of nitro groups is 1. The molecule has 3 aromatic rings. The number of nitro benzene ring substituents is 1. The first-order valence-electron chi connectivity index (χ1n) is 9.45. The molecule has 29 heavy (non-hydrogen) atoms. The number of aryl methyl sites for hydroxylation is 2. The molecular weight excluding hydrogens is 366 g/mol. The fourth-order valence-electron chi connectivity index (χ4n) is 3.02. The van der Waals surface area contributed by atoms with Crippen LogP contribution in [-0.2, 0) is 13.0 Å². The Hall–Kier alpha value is -3.67. The fourth-order valence-corrected chi connectivity index (χ4v) is 3.02. The van der Waals surface area contributed by atoms with Crippen molar-refractivity contribution in [2.24, 2.45) is 0 Å². The van der Waals surface area contributed by atoms with Crippen LogP contribution in [-0.4, -0.2) is 10.8 Å². The van der Waals surface area contributed by atoms with Gasteiger partial charge in [0.05, 0.1) is 4.92 Å². The Balaban J connectivity index is 1.78. The van der Waals surface area contributed by atoms with Gasteiger partial charge in [-0.15, -0.1) is 0 Å². The summed E-state index contributed by atoms with van der Waals surface area (Å²) in [6, 6.07) is 19.9. The summed E-state index contributed by atoms with van der Waals surface area (Å²) in [6.45, 7) is 4.46. The summed E-state index contributed by atoms with van der Waals surface area (Å²) >= 11 is 0. The van der Waals surface area contributed by atoms with Crippen molar-refractivity contribution in [1.82, 2.24) is 0 Å². The Morgan fingerprint density at radius 2 is 1.72 bits per heavy atom. The van der Waals surface area contributed by atoms with Gasteiger partial charge in [0, 0.05) is 23.9 Å². The van der Waals surface area contributed by atoms with E-state index in [9.17, 15) is 14.9 Å². The van der Waals surface area contributed by atoms with Crippen LogP contribution in [0.4, 0.5) is 17.1 Å². The zero-order valence-electron chi connectivity index (χ0n) is 16.4. The Labute approximate surface area is 169 Å². The quantitative estimate of drug-likeness (QED) is 0.422. The predicted molar refractivity (Wildman–Crippen MR) is 115 cm³/mol. The van der Waals surface area contributed by atoms with Crippen LogP contribution < -0.4 is 10.6 Å². The summed E-state index contributed by atoms with van der Waals surface area (Å²) < 4.78 is 0. The Kier molecular flexibility index (Phi) is 6.24. The van der Waals surface area contributed by atoms with Gasteiger partial charge in [0.25, 0.3) is 11.6 Å². The number of nitrogens with one attached hydrogen (secondary N) is 2. The second kappa shape index (κ2) is 9.01. The van der Waals surface area contributed by atoms with Crippen LogP contribution in [0, 0.1) is 17.0 Å². The molecule has 0 atom stereocenters. The SMILES string of the molecule is CCc1ccccc1NC(=O)c1ccc(NCc2ccc(C)cc2)c([N+](=O)[O-])c1. The maximum atomic E-state index is 12.6. The van der Waals surface area contributed by atoms with Crippen molar-refractivity contribution in [2.75, 3.05) is 10.6 Å². The van der Waals surface area contributed by atoms with Crippen LogP contribution in [0.2, 0.25) is 0 Å². The lowest BCUT2D eigenvalue weighted by Crippen LogP contribution is -2.14. The van der Waals surface area contributed by atoms with Gasteiger partial charge in [0.1, 0.15) is 5.69 Å². The van der Waals surface area contributed by atoms with Gasteiger partial charge in [0.15, 0.2) is 0 Å². The normalized spacial score (nSPS) is 10.4. The van der Waals surface area contributed by atoms with Gasteiger partial charge in [-0.25, -0.2) is 0 Å². The lowest BCUT2D eigenvalue weighted by atomic mass is 10.1. The highest BCUT2D eigenvalue weighted by Gasteiger charge is 2.18. The van der Waals surface area contributed by atoms with Crippen LogP contribution in [0.5, 0.6) is 0 Å². The number of para-hydroxylation sites is 1. The Morgan fingerprint density at radius 3 is 2.41 bits per heavy atom. The van der Waals surface area contributed by atoms with E-state index in [1.165, 1.54) is 6.07 Å². The molecule has 6 heteroatoms. The van der Waals surface area contributed by atoms with Crippen LogP contribution in [0.15, 0.2) is 66.7 Å². The number of anilines is 2. The largest absolute Gasteiger partial charge is 0.375 e. The number of benzene rings is 3. The molecule has 0 fully saturated rings. The molecule has 1 amide bonds. The Morgan fingerprint density at radius 1 is 1.00 bits per heavy atom. The van der Waals surface area contributed by atoms with E-state index in [0.717, 1.165) is 23.1 Å². The van der Waals surface area contributed by atoms with Gasteiger partial charge < -0.3 is 10.6 Å². The molecule has 0 spiro atoms. The van der Waals surface area contributed by atoms with Crippen molar-refractivity contribution in [3.05, 3.63) is 99.1 Å². The monoisotopic (exact) mass is 389 g/mol. The first kappa shape index (κ1) is 20.1. The standard InChI is InChI=1S/C23H23N3O3/c1-3-18-6-4-5-7-20(18)25-23(27)19-12-13-21(22(14-19)26(28)29)24-15-17-10-8-16(2)9-11-17/h4-14,24H,3,15H2,1-2H3,(H,25,27). The average Bonchev–Trinajstić information content (AvgIpc) is 2.73.